The first-order valence-electron chi connectivity index (χ1n) is 6.25. The molecule has 0 fully saturated rings. The number of nitrogens with one attached hydrogen (secondary N) is 1. The van der Waals surface area contributed by atoms with E-state index < -0.39 is 6.29 Å². The summed E-state index contributed by atoms with van der Waals surface area (Å²) >= 11 is 0. The van der Waals surface area contributed by atoms with Gasteiger partial charge in [0.25, 0.3) is 5.91 Å². The zero-order chi connectivity index (χ0) is 14.9. The van der Waals surface area contributed by atoms with E-state index >= 15 is 0 Å². The number of rotatable bonds is 3. The van der Waals surface area contributed by atoms with Crippen molar-refractivity contribution in [2.24, 2.45) is 0 Å². The van der Waals surface area contributed by atoms with Crippen LogP contribution in [0, 0.1) is 0 Å². The molecule has 1 amide bonds. The molecule has 1 aliphatic heterocycles. The van der Waals surface area contributed by atoms with Crippen LogP contribution in [0.4, 0.5) is 8.78 Å². The van der Waals surface area contributed by atoms with Gasteiger partial charge in [0, 0.05) is 12.1 Å². The molecule has 1 N–H and O–H groups in total. The summed E-state index contributed by atoms with van der Waals surface area (Å²) in [6.07, 6.45) is -3.63. The summed E-state index contributed by atoms with van der Waals surface area (Å²) in [4.78, 5) is 11.9. The first-order valence-corrected chi connectivity index (χ1v) is 6.25. The minimum atomic E-state index is -3.63. The van der Waals surface area contributed by atoms with Crippen molar-refractivity contribution in [1.29, 1.82) is 0 Å². The summed E-state index contributed by atoms with van der Waals surface area (Å²) in [5.74, 6) is -0.289. The van der Waals surface area contributed by atoms with E-state index in [1.807, 2.05) is 6.07 Å². The first kappa shape index (κ1) is 13.4. The molecule has 1 aliphatic rings. The van der Waals surface area contributed by atoms with Gasteiger partial charge in [0.1, 0.15) is 0 Å². The van der Waals surface area contributed by atoms with Gasteiger partial charge in [-0.05, 0) is 29.8 Å². The van der Waals surface area contributed by atoms with Crippen molar-refractivity contribution in [3.05, 3.63) is 59.7 Å². The molecule has 21 heavy (non-hydrogen) atoms. The molecule has 6 heteroatoms. The molecule has 0 aliphatic carbocycles. The van der Waals surface area contributed by atoms with Gasteiger partial charge in [0.05, 0.1) is 0 Å². The molecule has 3 rings (SSSR count). The Morgan fingerprint density at radius 3 is 2.52 bits per heavy atom. The molecule has 0 aromatic heterocycles. The van der Waals surface area contributed by atoms with Gasteiger partial charge in [-0.15, -0.1) is 8.78 Å². The zero-order valence-electron chi connectivity index (χ0n) is 10.8. The molecule has 0 atom stereocenters. The SMILES string of the molecule is O=C(NCc1ccc2c(c1)OC(F)(F)O2)c1ccccc1. The molecule has 2 aromatic carbocycles. The van der Waals surface area contributed by atoms with Crippen molar-refractivity contribution in [3.8, 4) is 11.5 Å². The van der Waals surface area contributed by atoms with Crippen molar-refractivity contribution in [2.45, 2.75) is 12.8 Å². The van der Waals surface area contributed by atoms with Crippen LogP contribution in [0.15, 0.2) is 48.5 Å². The summed E-state index contributed by atoms with van der Waals surface area (Å²) in [6.45, 7) is 0.204. The summed E-state index contributed by atoms with van der Waals surface area (Å²) in [6, 6.07) is 13.1. The van der Waals surface area contributed by atoms with E-state index in [1.165, 1.54) is 12.1 Å². The first-order chi connectivity index (χ1) is 10.0. The van der Waals surface area contributed by atoms with Crippen LogP contribution in [0.2, 0.25) is 0 Å². The molecule has 2 aromatic rings. The van der Waals surface area contributed by atoms with Crippen molar-refractivity contribution in [2.75, 3.05) is 0 Å². The molecule has 0 saturated carbocycles. The number of hydrogen-bond acceptors (Lipinski definition) is 3. The summed E-state index contributed by atoms with van der Waals surface area (Å²) in [5.41, 5.74) is 1.17. The molecular weight excluding hydrogens is 280 g/mol. The Labute approximate surface area is 119 Å². The fraction of sp³-hybridized carbons (Fsp3) is 0.133. The highest BCUT2D eigenvalue weighted by Gasteiger charge is 2.43. The Bertz CT molecular complexity index is 674. The molecule has 0 bridgehead atoms. The summed E-state index contributed by atoms with van der Waals surface area (Å²) < 4.78 is 34.4. The predicted molar refractivity (Wildman–Crippen MR) is 70.3 cm³/mol. The Kier molecular flexibility index (Phi) is 3.21. The molecule has 0 radical (unpaired) electrons. The Balaban J connectivity index is 1.66. The van der Waals surface area contributed by atoms with E-state index in [-0.39, 0.29) is 24.0 Å². The van der Waals surface area contributed by atoms with Crippen molar-refractivity contribution in [1.82, 2.24) is 5.32 Å². The third-order valence-electron chi connectivity index (χ3n) is 2.95. The lowest BCUT2D eigenvalue weighted by Crippen LogP contribution is -2.26. The normalized spacial score (nSPS) is 14.8. The van der Waals surface area contributed by atoms with E-state index in [0.717, 1.165) is 0 Å². The van der Waals surface area contributed by atoms with Crippen molar-refractivity contribution < 1.29 is 23.0 Å². The number of benzene rings is 2. The molecule has 0 unspecified atom stereocenters. The second-order valence-electron chi connectivity index (χ2n) is 4.50. The van der Waals surface area contributed by atoms with Gasteiger partial charge in [-0.2, -0.15) is 0 Å². The summed E-state index contributed by atoms with van der Waals surface area (Å²) in [7, 11) is 0. The van der Waals surface area contributed by atoms with Gasteiger partial charge >= 0.3 is 6.29 Å². The molecule has 0 spiro atoms. The van der Waals surface area contributed by atoms with Crippen molar-refractivity contribution >= 4 is 5.91 Å². The zero-order valence-corrected chi connectivity index (χ0v) is 10.8. The third kappa shape index (κ3) is 2.94. The Hall–Kier alpha value is -2.63. The van der Waals surface area contributed by atoms with Gasteiger partial charge in [-0.1, -0.05) is 24.3 Å². The molecular formula is C15H11F2NO3. The highest BCUT2D eigenvalue weighted by molar-refractivity contribution is 5.94. The minimum Gasteiger partial charge on any atom is -0.395 e. The number of hydrogen-bond donors (Lipinski definition) is 1. The van der Waals surface area contributed by atoms with Gasteiger partial charge in [-0.3, -0.25) is 4.79 Å². The Morgan fingerprint density at radius 2 is 1.76 bits per heavy atom. The van der Waals surface area contributed by atoms with E-state index in [1.54, 1.807) is 30.3 Å². The maximum Gasteiger partial charge on any atom is 0.586 e. The smallest absolute Gasteiger partial charge is 0.395 e. The fourth-order valence-corrected chi connectivity index (χ4v) is 1.98. The maximum atomic E-state index is 12.9. The van der Waals surface area contributed by atoms with Crippen LogP contribution in [-0.4, -0.2) is 12.2 Å². The van der Waals surface area contributed by atoms with E-state index in [9.17, 15) is 13.6 Å². The second-order valence-corrected chi connectivity index (χ2v) is 4.50. The molecule has 1 heterocycles. The molecule has 4 nitrogen and oxygen atoms in total. The van der Waals surface area contributed by atoms with Crippen LogP contribution in [-0.2, 0) is 6.54 Å². The van der Waals surface area contributed by atoms with Gasteiger partial charge < -0.3 is 14.8 Å². The Morgan fingerprint density at radius 1 is 1.05 bits per heavy atom. The van der Waals surface area contributed by atoms with Crippen molar-refractivity contribution in [3.63, 3.8) is 0 Å². The standard InChI is InChI=1S/C15H11F2NO3/c16-15(17)20-12-7-6-10(8-13(12)21-15)9-18-14(19)11-4-2-1-3-5-11/h1-8H,9H2,(H,18,19). The highest BCUT2D eigenvalue weighted by atomic mass is 19.3. The molecule has 0 saturated heterocycles. The molecule has 108 valence electrons. The number of carbonyl (C=O) groups excluding carboxylic acids is 1. The third-order valence-corrected chi connectivity index (χ3v) is 2.95. The lowest BCUT2D eigenvalue weighted by molar-refractivity contribution is -0.286. The second kappa shape index (κ2) is 5.05. The van der Waals surface area contributed by atoms with E-state index in [2.05, 4.69) is 14.8 Å². The number of ether oxygens (including phenoxy) is 2. The lowest BCUT2D eigenvalue weighted by Gasteiger charge is -2.06. The number of amides is 1. The maximum absolute atomic E-state index is 12.9. The van der Waals surface area contributed by atoms with E-state index in [0.29, 0.717) is 11.1 Å². The topological polar surface area (TPSA) is 47.6 Å². The van der Waals surface area contributed by atoms with Crippen LogP contribution >= 0.6 is 0 Å². The average molecular weight is 291 g/mol. The average Bonchev–Trinajstić information content (AvgIpc) is 2.78. The number of halogens is 2. The lowest BCUT2D eigenvalue weighted by atomic mass is 10.2. The monoisotopic (exact) mass is 291 g/mol. The predicted octanol–water partition coefficient (Wildman–Crippen LogP) is 2.94. The number of fused-ring (bicyclic) bond motifs is 1. The minimum absolute atomic E-state index is 0.0156. The fourth-order valence-electron chi connectivity index (χ4n) is 1.98. The van der Waals surface area contributed by atoms with Crippen LogP contribution in [0.25, 0.3) is 0 Å². The number of alkyl halides is 2. The van der Waals surface area contributed by atoms with Crippen LogP contribution in [0.5, 0.6) is 11.5 Å². The number of carbonyl (C=O) groups is 1. The van der Waals surface area contributed by atoms with Crippen LogP contribution in [0.3, 0.4) is 0 Å². The quantitative estimate of drug-likeness (QED) is 0.945. The van der Waals surface area contributed by atoms with Gasteiger partial charge in [0.2, 0.25) is 0 Å². The van der Waals surface area contributed by atoms with Gasteiger partial charge in [-0.25, -0.2) is 0 Å². The van der Waals surface area contributed by atoms with Crippen LogP contribution < -0.4 is 14.8 Å². The largest absolute Gasteiger partial charge is 0.586 e. The van der Waals surface area contributed by atoms with Gasteiger partial charge in [0.15, 0.2) is 11.5 Å². The van der Waals surface area contributed by atoms with Crippen LogP contribution in [0.1, 0.15) is 15.9 Å². The van der Waals surface area contributed by atoms with E-state index in [4.69, 9.17) is 0 Å². The highest BCUT2D eigenvalue weighted by Crippen LogP contribution is 2.41. The summed E-state index contributed by atoms with van der Waals surface area (Å²) in [5, 5.41) is 2.70.